The molecule has 4 rings (SSSR count). The molecule has 1 aliphatic heterocycles. The Hall–Kier alpha value is -2.30. The predicted octanol–water partition coefficient (Wildman–Crippen LogP) is 4.79. The van der Waals surface area contributed by atoms with Gasteiger partial charge in [0.1, 0.15) is 33.2 Å². The van der Waals surface area contributed by atoms with Gasteiger partial charge < -0.3 is 10.4 Å². The maximum Gasteiger partial charge on any atom is 0.322 e. The number of aliphatic carboxylic acids is 1. The molecule has 0 aliphatic carbocycles. The highest BCUT2D eigenvalue weighted by molar-refractivity contribution is 7.89. The molecule has 1 fully saturated rings. The van der Waals surface area contributed by atoms with Gasteiger partial charge in [0.25, 0.3) is 0 Å². The van der Waals surface area contributed by atoms with Crippen molar-refractivity contribution >= 4 is 58.9 Å². The van der Waals surface area contributed by atoms with Crippen molar-refractivity contribution in [1.29, 1.82) is 0 Å². The minimum Gasteiger partial charge on any atom is -0.480 e. The summed E-state index contributed by atoms with van der Waals surface area (Å²) in [4.78, 5) is 11.6. The molecule has 0 bridgehead atoms. The van der Waals surface area contributed by atoms with E-state index in [1.54, 1.807) is 42.1 Å². The molecule has 11 heteroatoms. The molecule has 7 nitrogen and oxygen atoms in total. The number of halogens is 2. The first-order valence-electron chi connectivity index (χ1n) is 10.00. The Morgan fingerprint density at radius 1 is 1.30 bits per heavy atom. The van der Waals surface area contributed by atoms with Gasteiger partial charge in [-0.25, -0.2) is 8.89 Å². The zero-order chi connectivity index (χ0) is 23.7. The number of hydrogen-bond acceptors (Lipinski definition) is 5. The smallest absolute Gasteiger partial charge is 0.322 e. The quantitative estimate of drug-likeness (QED) is 0.405. The van der Waals surface area contributed by atoms with Crippen LogP contribution >= 0.6 is 35.8 Å². The fourth-order valence-corrected chi connectivity index (χ4v) is 6.04. The summed E-state index contributed by atoms with van der Waals surface area (Å²) in [6, 6.07) is 13.7. The average molecular weight is 523 g/mol. The lowest BCUT2D eigenvalue weighted by atomic mass is 10.1. The first-order valence-corrected chi connectivity index (χ1v) is 12.4. The SMILES string of the molecule is CCC(C(=O)O)N1C(S)N/C(=C/c2cn(-c3ccccc3)nc2-c2ccc(Cl)cc2Cl)S1=O. The van der Waals surface area contributed by atoms with Crippen LogP contribution < -0.4 is 5.32 Å². The van der Waals surface area contributed by atoms with E-state index >= 15 is 0 Å². The van der Waals surface area contributed by atoms with Crippen molar-refractivity contribution in [3.8, 4) is 16.9 Å². The molecular weight excluding hydrogens is 503 g/mol. The van der Waals surface area contributed by atoms with Gasteiger partial charge in [0.2, 0.25) is 0 Å². The monoisotopic (exact) mass is 522 g/mol. The van der Waals surface area contributed by atoms with Gasteiger partial charge in [0.15, 0.2) is 0 Å². The van der Waals surface area contributed by atoms with E-state index in [1.807, 2.05) is 30.3 Å². The van der Waals surface area contributed by atoms with Crippen molar-refractivity contribution in [3.05, 3.63) is 75.4 Å². The normalized spacial score (nSPS) is 20.7. The lowest BCUT2D eigenvalue weighted by Crippen LogP contribution is -2.44. The summed E-state index contributed by atoms with van der Waals surface area (Å²) in [5, 5.41) is 18.5. The fraction of sp³-hybridized carbons (Fsp3) is 0.182. The molecule has 3 atom stereocenters. The number of carboxylic acid groups (broad SMARTS) is 1. The van der Waals surface area contributed by atoms with Crippen molar-refractivity contribution in [1.82, 2.24) is 19.4 Å². The first-order chi connectivity index (χ1) is 15.8. The zero-order valence-electron chi connectivity index (χ0n) is 17.4. The van der Waals surface area contributed by atoms with Gasteiger partial charge in [-0.2, -0.15) is 9.40 Å². The number of rotatable bonds is 6. The van der Waals surface area contributed by atoms with Crippen LogP contribution in [0.4, 0.5) is 0 Å². The van der Waals surface area contributed by atoms with Gasteiger partial charge in [-0.1, -0.05) is 48.3 Å². The first kappa shape index (κ1) is 23.8. The molecule has 3 unspecified atom stereocenters. The molecule has 3 aromatic rings. The lowest BCUT2D eigenvalue weighted by molar-refractivity contribution is -0.141. The van der Waals surface area contributed by atoms with E-state index in [0.29, 0.717) is 31.9 Å². The standard InChI is InChI=1S/C22H20Cl2N4O3S2/c1-2-18(21(29)30)28-22(32)25-19(33(28)31)10-13-12-27(15-6-4-3-5-7-15)26-20(13)16-9-8-14(23)11-17(16)24/h3-12,18,22,25,32H,2H2,1H3,(H,29,30)/b19-10-. The molecule has 2 N–H and O–H groups in total. The molecule has 1 aromatic heterocycles. The van der Waals surface area contributed by atoms with Crippen LogP contribution in [0.2, 0.25) is 10.0 Å². The Kier molecular flexibility index (Phi) is 7.16. The molecule has 172 valence electrons. The second-order valence-electron chi connectivity index (χ2n) is 7.24. The zero-order valence-corrected chi connectivity index (χ0v) is 20.6. The molecule has 2 aromatic carbocycles. The van der Waals surface area contributed by atoms with Gasteiger partial charge >= 0.3 is 5.97 Å². The molecule has 33 heavy (non-hydrogen) atoms. The highest BCUT2D eigenvalue weighted by atomic mass is 35.5. The fourth-order valence-electron chi connectivity index (χ4n) is 3.52. The Morgan fingerprint density at radius 2 is 2.03 bits per heavy atom. The molecular formula is C22H20Cl2N4O3S2. The number of benzene rings is 2. The summed E-state index contributed by atoms with van der Waals surface area (Å²) in [6.45, 7) is 1.72. The summed E-state index contributed by atoms with van der Waals surface area (Å²) in [6.07, 6.45) is 3.76. The number of carboxylic acids is 1. The summed E-state index contributed by atoms with van der Waals surface area (Å²) in [7, 11) is -1.75. The van der Waals surface area contributed by atoms with E-state index in [-0.39, 0.29) is 6.42 Å². The predicted molar refractivity (Wildman–Crippen MR) is 135 cm³/mol. The Bertz CT molecular complexity index is 1250. The average Bonchev–Trinajstić information content (AvgIpc) is 3.31. The molecule has 1 aliphatic rings. The number of hydrogen-bond donors (Lipinski definition) is 3. The molecule has 0 saturated carbocycles. The van der Waals surface area contributed by atoms with Crippen molar-refractivity contribution < 1.29 is 14.1 Å². The topological polar surface area (TPSA) is 87.5 Å². The van der Waals surface area contributed by atoms with Crippen LogP contribution in [0.15, 0.2) is 59.8 Å². The van der Waals surface area contributed by atoms with Crippen LogP contribution in [0.5, 0.6) is 0 Å². The van der Waals surface area contributed by atoms with E-state index in [1.165, 1.54) is 4.31 Å². The van der Waals surface area contributed by atoms with Crippen molar-refractivity contribution in [2.24, 2.45) is 0 Å². The minimum absolute atomic E-state index is 0.282. The number of para-hydroxylation sites is 1. The summed E-state index contributed by atoms with van der Waals surface area (Å²) in [5.74, 6) is -1.06. The van der Waals surface area contributed by atoms with E-state index in [9.17, 15) is 14.1 Å². The van der Waals surface area contributed by atoms with Gasteiger partial charge in [-0.05, 0) is 42.8 Å². The van der Waals surface area contributed by atoms with Crippen molar-refractivity contribution in [2.45, 2.75) is 24.9 Å². The van der Waals surface area contributed by atoms with Gasteiger partial charge in [-0.3, -0.25) is 4.79 Å². The lowest BCUT2D eigenvalue weighted by Gasteiger charge is -2.23. The Labute approximate surface area is 209 Å². The summed E-state index contributed by atoms with van der Waals surface area (Å²) >= 11 is 16.9. The molecule has 0 radical (unpaired) electrons. The van der Waals surface area contributed by atoms with Gasteiger partial charge in [-0.15, -0.1) is 12.6 Å². The van der Waals surface area contributed by atoms with Crippen LogP contribution in [0.25, 0.3) is 23.0 Å². The molecule has 0 amide bonds. The van der Waals surface area contributed by atoms with Crippen molar-refractivity contribution in [2.75, 3.05) is 0 Å². The highest BCUT2D eigenvalue weighted by Crippen LogP contribution is 2.34. The van der Waals surface area contributed by atoms with E-state index < -0.39 is 28.5 Å². The number of aromatic nitrogens is 2. The molecule has 2 heterocycles. The minimum atomic E-state index is -1.75. The van der Waals surface area contributed by atoms with Crippen LogP contribution in [-0.4, -0.2) is 40.9 Å². The third kappa shape index (κ3) is 4.83. The highest BCUT2D eigenvalue weighted by Gasteiger charge is 2.40. The van der Waals surface area contributed by atoms with Crippen LogP contribution in [0.3, 0.4) is 0 Å². The van der Waals surface area contributed by atoms with Gasteiger partial charge in [0, 0.05) is 22.3 Å². The van der Waals surface area contributed by atoms with Crippen LogP contribution in [0, 0.1) is 0 Å². The van der Waals surface area contributed by atoms with E-state index in [4.69, 9.17) is 28.3 Å². The number of carbonyl (C=O) groups is 1. The van der Waals surface area contributed by atoms with E-state index in [2.05, 4.69) is 17.9 Å². The van der Waals surface area contributed by atoms with Crippen LogP contribution in [0.1, 0.15) is 18.9 Å². The Morgan fingerprint density at radius 3 is 2.67 bits per heavy atom. The van der Waals surface area contributed by atoms with E-state index in [0.717, 1.165) is 5.69 Å². The maximum atomic E-state index is 13.2. The number of nitrogens with one attached hydrogen (secondary N) is 1. The third-order valence-electron chi connectivity index (χ3n) is 5.11. The second-order valence-corrected chi connectivity index (χ2v) is 9.93. The molecule has 0 spiro atoms. The maximum absolute atomic E-state index is 13.2. The van der Waals surface area contributed by atoms with Crippen LogP contribution in [-0.2, 0) is 15.8 Å². The molecule has 1 saturated heterocycles. The second kappa shape index (κ2) is 9.90. The number of thiol groups is 1. The van der Waals surface area contributed by atoms with Gasteiger partial charge in [0.05, 0.1) is 10.7 Å². The summed E-state index contributed by atoms with van der Waals surface area (Å²) < 4.78 is 16.2. The largest absolute Gasteiger partial charge is 0.480 e. The summed E-state index contributed by atoms with van der Waals surface area (Å²) in [5.41, 5.74) is 1.98. The third-order valence-corrected chi connectivity index (χ3v) is 7.65. The van der Waals surface area contributed by atoms with Crippen molar-refractivity contribution in [3.63, 3.8) is 0 Å². The Balaban J connectivity index is 1.81. The number of nitrogens with zero attached hydrogens (tertiary/aromatic N) is 3.